The van der Waals surface area contributed by atoms with Gasteiger partial charge in [0.1, 0.15) is 17.3 Å². The lowest BCUT2D eigenvalue weighted by Gasteiger charge is -2.31. The average Bonchev–Trinajstić information content (AvgIpc) is 3.09. The minimum atomic E-state index is -0.203. The van der Waals surface area contributed by atoms with Gasteiger partial charge >= 0.3 is 0 Å². The van der Waals surface area contributed by atoms with Crippen LogP contribution < -0.4 is 9.47 Å². The van der Waals surface area contributed by atoms with Crippen LogP contribution in [0.1, 0.15) is 29.3 Å². The minimum absolute atomic E-state index is 0.00850. The molecule has 1 aliphatic rings. The van der Waals surface area contributed by atoms with E-state index in [-0.39, 0.29) is 11.9 Å². The second-order valence-electron chi connectivity index (χ2n) is 7.09. The molecular formula is C23H25FN2O2. The van der Waals surface area contributed by atoms with Crippen LogP contribution in [0.4, 0.5) is 4.39 Å². The fourth-order valence-corrected chi connectivity index (χ4v) is 4.09. The van der Waals surface area contributed by atoms with Crippen LogP contribution in [0.2, 0.25) is 0 Å². The highest BCUT2D eigenvalue weighted by Gasteiger charge is 2.30. The first-order valence-electron chi connectivity index (χ1n) is 9.55. The Morgan fingerprint density at radius 1 is 1.00 bits per heavy atom. The zero-order valence-corrected chi connectivity index (χ0v) is 16.3. The molecule has 2 aromatic carbocycles. The molecule has 4 nitrogen and oxygen atoms in total. The molecule has 1 aromatic heterocycles. The molecule has 1 atom stereocenters. The molecule has 0 radical (unpaired) electrons. The van der Waals surface area contributed by atoms with E-state index in [0.29, 0.717) is 6.54 Å². The van der Waals surface area contributed by atoms with Gasteiger partial charge in [-0.25, -0.2) is 4.39 Å². The van der Waals surface area contributed by atoms with Gasteiger partial charge in [0, 0.05) is 37.1 Å². The summed E-state index contributed by atoms with van der Waals surface area (Å²) in [6.45, 7) is 2.53. The molecular weight excluding hydrogens is 355 g/mol. The molecule has 0 saturated heterocycles. The fourth-order valence-electron chi connectivity index (χ4n) is 4.09. The van der Waals surface area contributed by atoms with E-state index in [1.165, 1.54) is 11.8 Å². The number of ether oxygens (including phenoxy) is 2. The smallest absolute Gasteiger partial charge is 0.124 e. The van der Waals surface area contributed by atoms with Crippen LogP contribution >= 0.6 is 0 Å². The zero-order chi connectivity index (χ0) is 19.5. The van der Waals surface area contributed by atoms with Gasteiger partial charge in [0.2, 0.25) is 0 Å². The summed E-state index contributed by atoms with van der Waals surface area (Å²) in [4.78, 5) is 2.39. The Bertz CT molecular complexity index is 953. The minimum Gasteiger partial charge on any atom is -0.497 e. The predicted molar refractivity (Wildman–Crippen MR) is 107 cm³/mol. The Balaban J connectivity index is 1.81. The largest absolute Gasteiger partial charge is 0.497 e. The molecule has 0 fully saturated rings. The second kappa shape index (κ2) is 8.07. The van der Waals surface area contributed by atoms with Crippen molar-refractivity contribution < 1.29 is 13.9 Å². The zero-order valence-electron chi connectivity index (χ0n) is 16.3. The second-order valence-corrected chi connectivity index (χ2v) is 7.09. The monoisotopic (exact) mass is 380 g/mol. The first-order valence-corrected chi connectivity index (χ1v) is 9.55. The van der Waals surface area contributed by atoms with Crippen molar-refractivity contribution in [1.29, 1.82) is 0 Å². The molecule has 3 aromatic rings. The van der Waals surface area contributed by atoms with Crippen molar-refractivity contribution in [3.05, 3.63) is 83.4 Å². The summed E-state index contributed by atoms with van der Waals surface area (Å²) in [5.41, 5.74) is 3.23. The van der Waals surface area contributed by atoms with E-state index in [4.69, 9.17) is 9.47 Å². The predicted octanol–water partition coefficient (Wildman–Crippen LogP) is 4.64. The highest BCUT2D eigenvalue weighted by molar-refractivity contribution is 5.45. The molecule has 0 bridgehead atoms. The molecule has 4 rings (SSSR count). The molecule has 1 aliphatic heterocycles. The van der Waals surface area contributed by atoms with Gasteiger partial charge in [-0.2, -0.15) is 0 Å². The van der Waals surface area contributed by atoms with E-state index < -0.39 is 0 Å². The molecule has 0 spiro atoms. The number of aryl methyl sites for hydroxylation is 1. The highest BCUT2D eigenvalue weighted by atomic mass is 19.1. The third-order valence-corrected chi connectivity index (χ3v) is 5.36. The van der Waals surface area contributed by atoms with E-state index in [0.717, 1.165) is 42.1 Å². The van der Waals surface area contributed by atoms with Crippen LogP contribution in [-0.2, 0) is 13.1 Å². The quantitative estimate of drug-likeness (QED) is 0.645. The molecule has 28 heavy (non-hydrogen) atoms. The van der Waals surface area contributed by atoms with E-state index in [1.807, 2.05) is 24.3 Å². The number of hydrogen-bond donors (Lipinski definition) is 0. The Morgan fingerprint density at radius 3 is 2.68 bits per heavy atom. The van der Waals surface area contributed by atoms with Crippen LogP contribution in [0.3, 0.4) is 0 Å². The van der Waals surface area contributed by atoms with Crippen molar-refractivity contribution in [3.8, 4) is 11.5 Å². The van der Waals surface area contributed by atoms with Crippen molar-refractivity contribution in [2.75, 3.05) is 20.8 Å². The summed E-state index contributed by atoms with van der Waals surface area (Å²) in [7, 11) is 3.36. The van der Waals surface area contributed by atoms with Crippen molar-refractivity contribution >= 4 is 0 Å². The topological polar surface area (TPSA) is 26.6 Å². The van der Waals surface area contributed by atoms with Gasteiger partial charge in [-0.1, -0.05) is 12.1 Å². The van der Waals surface area contributed by atoms with Gasteiger partial charge in [0.05, 0.1) is 20.3 Å². The number of methoxy groups -OCH3 is 2. The van der Waals surface area contributed by atoms with Gasteiger partial charge in [-0.05, 0) is 54.4 Å². The number of fused-ring (bicyclic) bond motifs is 1. The summed E-state index contributed by atoms with van der Waals surface area (Å²) in [5, 5.41) is 0. The van der Waals surface area contributed by atoms with Crippen LogP contribution in [0.25, 0.3) is 0 Å². The summed E-state index contributed by atoms with van der Waals surface area (Å²) in [6, 6.07) is 17.0. The van der Waals surface area contributed by atoms with Gasteiger partial charge in [-0.3, -0.25) is 4.90 Å². The molecule has 0 saturated carbocycles. The van der Waals surface area contributed by atoms with Crippen LogP contribution in [-0.4, -0.2) is 30.2 Å². The maximum atomic E-state index is 13.8. The Kier molecular flexibility index (Phi) is 5.35. The molecule has 2 heterocycles. The summed E-state index contributed by atoms with van der Waals surface area (Å²) < 4.78 is 27.3. The standard InChI is InChI=1S/C23H25FN2O2/c1-27-19-9-10-22(28-2)20(15-19)23-21-8-4-11-25(21)12-5-13-26(23)16-17-6-3-7-18(24)14-17/h3-4,6-11,14-15,23H,5,12-13,16H2,1-2H3. The SMILES string of the molecule is COc1ccc(OC)c(C2c3cccn3CCCN2Cc2cccc(F)c2)c1. The molecule has 0 N–H and O–H groups in total. The number of hydrogen-bond acceptors (Lipinski definition) is 3. The van der Waals surface area contributed by atoms with Crippen LogP contribution in [0.15, 0.2) is 60.8 Å². The Morgan fingerprint density at radius 2 is 1.89 bits per heavy atom. The molecule has 1 unspecified atom stereocenters. The first kappa shape index (κ1) is 18.6. The number of benzene rings is 2. The van der Waals surface area contributed by atoms with E-state index in [2.05, 4.69) is 27.8 Å². The van der Waals surface area contributed by atoms with E-state index in [1.54, 1.807) is 26.4 Å². The summed E-state index contributed by atoms with van der Waals surface area (Å²) in [5.74, 6) is 1.42. The van der Waals surface area contributed by atoms with Crippen LogP contribution in [0.5, 0.6) is 11.5 Å². The fraction of sp³-hybridized carbons (Fsp3) is 0.304. The lowest BCUT2D eigenvalue weighted by molar-refractivity contribution is 0.215. The molecule has 146 valence electrons. The van der Waals surface area contributed by atoms with Gasteiger partial charge in [0.15, 0.2) is 0 Å². The third kappa shape index (κ3) is 3.62. The maximum absolute atomic E-state index is 13.8. The van der Waals surface area contributed by atoms with Crippen molar-refractivity contribution in [3.63, 3.8) is 0 Å². The van der Waals surface area contributed by atoms with Crippen LogP contribution in [0, 0.1) is 5.82 Å². The average molecular weight is 380 g/mol. The van der Waals surface area contributed by atoms with E-state index >= 15 is 0 Å². The summed E-state index contributed by atoms with van der Waals surface area (Å²) in [6.07, 6.45) is 3.15. The maximum Gasteiger partial charge on any atom is 0.124 e. The Labute approximate surface area is 165 Å². The number of aromatic nitrogens is 1. The van der Waals surface area contributed by atoms with Crippen molar-refractivity contribution in [2.24, 2.45) is 0 Å². The first-order chi connectivity index (χ1) is 13.7. The summed E-state index contributed by atoms with van der Waals surface area (Å²) >= 11 is 0. The number of rotatable bonds is 5. The lowest BCUT2D eigenvalue weighted by atomic mass is 9.99. The normalized spacial score (nSPS) is 17.0. The molecule has 0 aliphatic carbocycles. The molecule has 5 heteroatoms. The lowest BCUT2D eigenvalue weighted by Crippen LogP contribution is -2.30. The molecule has 0 amide bonds. The highest BCUT2D eigenvalue weighted by Crippen LogP contribution is 2.39. The van der Waals surface area contributed by atoms with Gasteiger partial charge < -0.3 is 14.0 Å². The number of nitrogens with zero attached hydrogens (tertiary/aromatic N) is 2. The van der Waals surface area contributed by atoms with Crippen molar-refractivity contribution in [2.45, 2.75) is 25.6 Å². The van der Waals surface area contributed by atoms with Gasteiger partial charge in [0.25, 0.3) is 0 Å². The third-order valence-electron chi connectivity index (χ3n) is 5.36. The van der Waals surface area contributed by atoms with Gasteiger partial charge in [-0.15, -0.1) is 0 Å². The Hall–Kier alpha value is -2.79. The van der Waals surface area contributed by atoms with E-state index in [9.17, 15) is 4.39 Å². The van der Waals surface area contributed by atoms with Crippen molar-refractivity contribution in [1.82, 2.24) is 9.47 Å². The number of halogens is 1.